The van der Waals surface area contributed by atoms with E-state index in [1.54, 1.807) is 12.1 Å². The molecule has 5 heteroatoms. The summed E-state index contributed by atoms with van der Waals surface area (Å²) in [7, 11) is 0. The van der Waals surface area contributed by atoms with Crippen LogP contribution in [0.5, 0.6) is 10.8 Å². The first-order chi connectivity index (χ1) is 9.65. The highest BCUT2D eigenvalue weighted by Gasteiger charge is 2.11. The van der Waals surface area contributed by atoms with Gasteiger partial charge in [0.1, 0.15) is 5.75 Å². The van der Waals surface area contributed by atoms with Crippen molar-refractivity contribution in [1.82, 2.24) is 4.37 Å². The molecule has 0 aliphatic heterocycles. The molecule has 0 amide bonds. The van der Waals surface area contributed by atoms with Gasteiger partial charge >= 0.3 is 5.97 Å². The van der Waals surface area contributed by atoms with Gasteiger partial charge in [-0.25, -0.2) is 4.79 Å². The van der Waals surface area contributed by atoms with Crippen LogP contribution in [0.2, 0.25) is 0 Å². The molecular weight excluding hydrogens is 274 g/mol. The summed E-state index contributed by atoms with van der Waals surface area (Å²) in [5.41, 5.74) is 1.93. The van der Waals surface area contributed by atoms with Crippen molar-refractivity contribution in [1.29, 1.82) is 0 Å². The Hall–Kier alpha value is -2.40. The number of nitrogens with zero attached hydrogens (tertiary/aromatic N) is 1. The van der Waals surface area contributed by atoms with E-state index in [-0.39, 0.29) is 5.56 Å². The van der Waals surface area contributed by atoms with Crippen molar-refractivity contribution in [2.24, 2.45) is 0 Å². The topological polar surface area (TPSA) is 59.4 Å². The van der Waals surface area contributed by atoms with E-state index in [9.17, 15) is 4.79 Å². The first-order valence-electron chi connectivity index (χ1n) is 6.01. The molecule has 3 aromatic rings. The Balaban J connectivity index is 1.97. The summed E-state index contributed by atoms with van der Waals surface area (Å²) in [6.07, 6.45) is 0. The van der Waals surface area contributed by atoms with Gasteiger partial charge in [0.2, 0.25) is 5.06 Å². The number of carboxylic acid groups (broad SMARTS) is 1. The number of carboxylic acids is 1. The molecule has 0 unspecified atom stereocenters. The standard InChI is InChI=1S/C15H11NO3S/c1-9-8-10(14(17)18)6-7-13(9)19-15-11-4-2-3-5-12(11)16-20-15/h2-8H,1H3,(H,17,18). The fraction of sp³-hybridized carbons (Fsp3) is 0.0667. The van der Waals surface area contributed by atoms with Crippen molar-refractivity contribution in [3.05, 3.63) is 53.6 Å². The molecule has 0 aliphatic carbocycles. The molecule has 2 aromatic carbocycles. The number of rotatable bonds is 3. The van der Waals surface area contributed by atoms with E-state index in [0.717, 1.165) is 16.5 Å². The van der Waals surface area contributed by atoms with Crippen LogP contribution < -0.4 is 4.74 Å². The highest BCUT2D eigenvalue weighted by molar-refractivity contribution is 7.09. The van der Waals surface area contributed by atoms with Crippen LogP contribution in [0, 0.1) is 6.92 Å². The van der Waals surface area contributed by atoms with Gasteiger partial charge in [-0.2, -0.15) is 4.37 Å². The largest absolute Gasteiger partial charge is 0.478 e. The molecule has 0 fully saturated rings. The second-order valence-electron chi connectivity index (χ2n) is 4.37. The van der Waals surface area contributed by atoms with E-state index in [0.29, 0.717) is 10.8 Å². The molecule has 0 spiro atoms. The lowest BCUT2D eigenvalue weighted by Gasteiger charge is -2.07. The molecule has 0 aliphatic rings. The van der Waals surface area contributed by atoms with Crippen LogP contribution in [0.15, 0.2) is 42.5 Å². The molecule has 0 saturated heterocycles. The molecule has 0 atom stereocenters. The molecule has 4 nitrogen and oxygen atoms in total. The Kier molecular flexibility index (Phi) is 3.12. The summed E-state index contributed by atoms with van der Waals surface area (Å²) in [6, 6.07) is 12.6. The molecule has 0 bridgehead atoms. The predicted octanol–water partition coefficient (Wildman–Crippen LogP) is 4.10. The summed E-state index contributed by atoms with van der Waals surface area (Å²) in [6.45, 7) is 1.82. The first-order valence-corrected chi connectivity index (χ1v) is 6.79. The van der Waals surface area contributed by atoms with Gasteiger partial charge in [-0.05, 0) is 42.8 Å². The second-order valence-corrected chi connectivity index (χ2v) is 5.11. The highest BCUT2D eigenvalue weighted by Crippen LogP contribution is 2.35. The quantitative estimate of drug-likeness (QED) is 0.787. The zero-order valence-electron chi connectivity index (χ0n) is 10.7. The number of benzene rings is 2. The molecule has 0 radical (unpaired) electrons. The third-order valence-corrected chi connectivity index (χ3v) is 3.73. The van der Waals surface area contributed by atoms with Gasteiger partial charge in [-0.15, -0.1) is 0 Å². The van der Waals surface area contributed by atoms with E-state index in [1.807, 2.05) is 31.2 Å². The van der Waals surface area contributed by atoms with Crippen molar-refractivity contribution < 1.29 is 14.6 Å². The van der Waals surface area contributed by atoms with E-state index in [1.165, 1.54) is 17.6 Å². The number of fused-ring (bicyclic) bond motifs is 1. The summed E-state index contributed by atoms with van der Waals surface area (Å²) < 4.78 is 10.2. The van der Waals surface area contributed by atoms with Gasteiger partial charge < -0.3 is 9.84 Å². The lowest BCUT2D eigenvalue weighted by Crippen LogP contribution is -1.97. The van der Waals surface area contributed by atoms with Crippen molar-refractivity contribution in [2.75, 3.05) is 0 Å². The highest BCUT2D eigenvalue weighted by atomic mass is 32.1. The Morgan fingerprint density at radius 1 is 1.25 bits per heavy atom. The van der Waals surface area contributed by atoms with Gasteiger partial charge in [0, 0.05) is 11.5 Å². The fourth-order valence-corrected chi connectivity index (χ4v) is 2.67. The Morgan fingerprint density at radius 2 is 2.05 bits per heavy atom. The normalized spacial score (nSPS) is 10.7. The van der Waals surface area contributed by atoms with Crippen molar-refractivity contribution in [2.45, 2.75) is 6.92 Å². The third-order valence-electron chi connectivity index (χ3n) is 2.98. The third kappa shape index (κ3) is 2.23. The summed E-state index contributed by atoms with van der Waals surface area (Å²) >= 11 is 1.29. The molecular formula is C15H11NO3S. The van der Waals surface area contributed by atoms with Crippen LogP contribution in [0.3, 0.4) is 0 Å². The molecule has 100 valence electrons. The van der Waals surface area contributed by atoms with Crippen molar-refractivity contribution in [3.8, 4) is 10.8 Å². The molecule has 0 saturated carbocycles. The number of aryl methyl sites for hydroxylation is 1. The van der Waals surface area contributed by atoms with Crippen molar-refractivity contribution in [3.63, 3.8) is 0 Å². The molecule has 1 heterocycles. The summed E-state index contributed by atoms with van der Waals surface area (Å²) in [4.78, 5) is 10.9. The number of carbonyl (C=O) groups is 1. The molecule has 1 N–H and O–H groups in total. The van der Waals surface area contributed by atoms with Gasteiger partial charge in [-0.1, -0.05) is 12.1 Å². The minimum absolute atomic E-state index is 0.254. The maximum atomic E-state index is 10.9. The van der Waals surface area contributed by atoms with E-state index in [2.05, 4.69) is 4.37 Å². The first kappa shape index (κ1) is 12.6. The van der Waals surface area contributed by atoms with Gasteiger partial charge in [0.05, 0.1) is 16.5 Å². The summed E-state index contributed by atoms with van der Waals surface area (Å²) in [5, 5.41) is 10.6. The average Bonchev–Trinajstić information content (AvgIpc) is 2.84. The number of aromatic carboxylic acids is 1. The lowest BCUT2D eigenvalue weighted by atomic mass is 10.1. The Morgan fingerprint density at radius 3 is 2.80 bits per heavy atom. The number of hydrogen-bond donors (Lipinski definition) is 1. The van der Waals surface area contributed by atoms with Crippen molar-refractivity contribution >= 4 is 28.4 Å². The predicted molar refractivity (Wildman–Crippen MR) is 77.8 cm³/mol. The zero-order chi connectivity index (χ0) is 14.1. The Bertz CT molecular complexity index is 795. The molecule has 20 heavy (non-hydrogen) atoms. The van der Waals surface area contributed by atoms with Gasteiger partial charge in [0.15, 0.2) is 0 Å². The van der Waals surface area contributed by atoms with Gasteiger partial charge in [0.25, 0.3) is 0 Å². The average molecular weight is 285 g/mol. The van der Waals surface area contributed by atoms with Gasteiger partial charge in [-0.3, -0.25) is 0 Å². The monoisotopic (exact) mass is 285 g/mol. The fourth-order valence-electron chi connectivity index (χ4n) is 1.94. The lowest BCUT2D eigenvalue weighted by molar-refractivity contribution is 0.0697. The van der Waals surface area contributed by atoms with Crippen LogP contribution in [0.25, 0.3) is 10.9 Å². The minimum atomic E-state index is -0.942. The number of ether oxygens (including phenoxy) is 1. The van der Waals surface area contributed by atoms with E-state index >= 15 is 0 Å². The zero-order valence-corrected chi connectivity index (χ0v) is 11.5. The SMILES string of the molecule is Cc1cc(C(=O)O)ccc1Oc1snc2ccccc12. The number of aromatic nitrogens is 1. The number of hydrogen-bond acceptors (Lipinski definition) is 4. The minimum Gasteiger partial charge on any atom is -0.478 e. The maximum absolute atomic E-state index is 10.9. The van der Waals surface area contributed by atoms with E-state index < -0.39 is 5.97 Å². The van der Waals surface area contributed by atoms with Crippen LogP contribution in [-0.4, -0.2) is 15.4 Å². The summed E-state index contributed by atoms with van der Waals surface area (Å²) in [5.74, 6) is -0.299. The van der Waals surface area contributed by atoms with E-state index in [4.69, 9.17) is 9.84 Å². The molecule has 1 aromatic heterocycles. The Labute approximate surface area is 119 Å². The smallest absolute Gasteiger partial charge is 0.335 e. The van der Waals surface area contributed by atoms with Crippen LogP contribution in [0.4, 0.5) is 0 Å². The van der Waals surface area contributed by atoms with Crippen LogP contribution >= 0.6 is 11.5 Å². The maximum Gasteiger partial charge on any atom is 0.335 e. The van der Waals surface area contributed by atoms with Crippen LogP contribution in [-0.2, 0) is 0 Å². The van der Waals surface area contributed by atoms with Crippen LogP contribution in [0.1, 0.15) is 15.9 Å². The molecule has 3 rings (SSSR count). The second kappa shape index (κ2) is 4.94.